The number of nitrogens with one attached hydrogen (secondary N) is 1. The van der Waals surface area contributed by atoms with E-state index in [9.17, 15) is 13.6 Å². The van der Waals surface area contributed by atoms with E-state index in [1.54, 1.807) is 6.20 Å². The first kappa shape index (κ1) is 21.3. The topological polar surface area (TPSA) is 59.4 Å². The highest BCUT2D eigenvalue weighted by Gasteiger charge is 2.27. The fourth-order valence-corrected chi connectivity index (χ4v) is 4.80. The number of hydrogen-bond donors (Lipinski definition) is 1. The smallest absolute Gasteiger partial charge is 0.202 e. The number of piperidine rings is 1. The Morgan fingerprint density at radius 1 is 1.34 bits per heavy atom. The Morgan fingerprint density at radius 2 is 2.19 bits per heavy atom. The first-order chi connectivity index (χ1) is 15.4. The van der Waals surface area contributed by atoms with Crippen molar-refractivity contribution in [3.8, 4) is 5.75 Å². The van der Waals surface area contributed by atoms with Gasteiger partial charge in [0.05, 0.1) is 28.8 Å². The molecule has 3 aromatic rings. The van der Waals surface area contributed by atoms with Crippen LogP contribution in [-0.4, -0.2) is 35.3 Å². The molecule has 0 spiro atoms. The molecule has 1 fully saturated rings. The number of aromatic nitrogens is 2. The zero-order valence-electron chi connectivity index (χ0n) is 17.6. The van der Waals surface area contributed by atoms with Crippen molar-refractivity contribution >= 4 is 32.5 Å². The average Bonchev–Trinajstić information content (AvgIpc) is 2.80. The second-order valence-electron chi connectivity index (χ2n) is 8.45. The second kappa shape index (κ2) is 8.44. The molecule has 0 radical (unpaired) electrons. The molecule has 2 aliphatic heterocycles. The average molecular weight is 505 g/mol. The van der Waals surface area contributed by atoms with E-state index in [0.717, 1.165) is 42.3 Å². The Morgan fingerprint density at radius 3 is 2.97 bits per heavy atom. The van der Waals surface area contributed by atoms with Crippen LogP contribution in [-0.2, 0) is 6.54 Å². The Balaban J connectivity index is 1.40. The summed E-state index contributed by atoms with van der Waals surface area (Å²) in [5.41, 5.74) is 1.62. The number of pyridine rings is 2. The lowest BCUT2D eigenvalue weighted by Crippen LogP contribution is -2.46. The van der Waals surface area contributed by atoms with Crippen LogP contribution in [0.5, 0.6) is 5.75 Å². The lowest BCUT2D eigenvalue weighted by molar-refractivity contribution is 0.233. The summed E-state index contributed by atoms with van der Waals surface area (Å²) >= 11 is 3.36. The number of anilines is 1. The summed E-state index contributed by atoms with van der Waals surface area (Å²) in [6.07, 6.45) is 5.63. The molecule has 0 amide bonds. The van der Waals surface area contributed by atoms with Gasteiger partial charge in [-0.1, -0.05) is 0 Å². The van der Waals surface area contributed by atoms with E-state index in [2.05, 4.69) is 31.1 Å². The highest BCUT2D eigenvalue weighted by Crippen LogP contribution is 2.35. The van der Waals surface area contributed by atoms with Crippen molar-refractivity contribution in [3.63, 3.8) is 0 Å². The van der Waals surface area contributed by atoms with Gasteiger partial charge < -0.3 is 19.5 Å². The normalized spacial score (nSPS) is 20.4. The number of hydrogen-bond acceptors (Lipinski definition) is 5. The van der Waals surface area contributed by atoms with Crippen LogP contribution in [0.1, 0.15) is 31.4 Å². The number of nitrogens with zero attached hydrogens (tertiary/aromatic N) is 3. The molecule has 1 aromatic carbocycles. The first-order valence-corrected chi connectivity index (χ1v) is 11.5. The van der Waals surface area contributed by atoms with E-state index in [1.807, 2.05) is 29.8 Å². The van der Waals surface area contributed by atoms with Crippen molar-refractivity contribution in [1.82, 2.24) is 14.9 Å². The molecule has 0 aliphatic carbocycles. The van der Waals surface area contributed by atoms with Crippen LogP contribution in [0.25, 0.3) is 10.9 Å². The van der Waals surface area contributed by atoms with Crippen molar-refractivity contribution in [3.05, 3.63) is 62.6 Å². The highest BCUT2D eigenvalue weighted by molar-refractivity contribution is 9.10. The van der Waals surface area contributed by atoms with E-state index in [-0.39, 0.29) is 35.3 Å². The van der Waals surface area contributed by atoms with Crippen LogP contribution >= 0.6 is 15.9 Å². The lowest BCUT2D eigenvalue weighted by atomic mass is 10.0. The summed E-state index contributed by atoms with van der Waals surface area (Å²) in [7, 11) is 0. The zero-order chi connectivity index (χ0) is 22.4. The summed E-state index contributed by atoms with van der Waals surface area (Å²) < 4.78 is 36.4. The van der Waals surface area contributed by atoms with Gasteiger partial charge in [-0.3, -0.25) is 4.79 Å². The van der Waals surface area contributed by atoms with Crippen molar-refractivity contribution in [1.29, 1.82) is 0 Å². The fraction of sp³-hybridized carbons (Fsp3) is 0.391. The number of halogens is 3. The molecule has 2 aromatic heterocycles. The Bertz CT molecular complexity index is 1230. The molecule has 6 nitrogen and oxygen atoms in total. The van der Waals surface area contributed by atoms with Crippen LogP contribution in [0.4, 0.5) is 14.5 Å². The van der Waals surface area contributed by atoms with Crippen molar-refractivity contribution in [2.75, 3.05) is 24.6 Å². The molecule has 2 aliphatic rings. The van der Waals surface area contributed by atoms with Gasteiger partial charge in [0.15, 0.2) is 17.0 Å². The maximum Gasteiger partial charge on any atom is 0.202 e. The summed E-state index contributed by atoms with van der Waals surface area (Å²) in [6.45, 7) is 4.26. The van der Waals surface area contributed by atoms with Gasteiger partial charge in [-0.15, -0.1) is 0 Å². The van der Waals surface area contributed by atoms with E-state index < -0.39 is 11.6 Å². The number of ether oxygens (including phenoxy) is 1. The molecule has 5 rings (SSSR count). The maximum absolute atomic E-state index is 14.3. The van der Waals surface area contributed by atoms with Crippen LogP contribution < -0.4 is 20.4 Å². The van der Waals surface area contributed by atoms with Crippen LogP contribution in [0.3, 0.4) is 0 Å². The van der Waals surface area contributed by atoms with Gasteiger partial charge in [0.2, 0.25) is 5.82 Å². The standard InChI is InChI=1S/C23H23BrF2N4O2/c1-13-12-32-23-20(26)18(25)7-17-21(23)30(13)10-14(22(17)31)8-27-15-3-2-6-29(11-15)16-4-5-19(24)28-9-16/h4-5,7,9-10,13,15,27H,2-3,6,8,11-12H2,1H3/t13?,15-/m0/s1. The Hall–Kier alpha value is -2.52. The predicted molar refractivity (Wildman–Crippen MR) is 122 cm³/mol. The van der Waals surface area contributed by atoms with Gasteiger partial charge >= 0.3 is 0 Å². The number of rotatable bonds is 4. The SMILES string of the molecule is CC1COc2c(F)c(F)cc3c(=O)c(CN[C@H]4CCCN(c5ccc(Br)nc5)C4)cn1c23. The van der Waals surface area contributed by atoms with Gasteiger partial charge in [0.1, 0.15) is 11.2 Å². The quantitative estimate of drug-likeness (QED) is 0.541. The van der Waals surface area contributed by atoms with Crippen LogP contribution in [0.2, 0.25) is 0 Å². The molecule has 4 heterocycles. The molecular formula is C23H23BrF2N4O2. The van der Waals surface area contributed by atoms with Crippen molar-refractivity contribution < 1.29 is 13.5 Å². The third-order valence-corrected chi connectivity index (χ3v) is 6.73. The number of benzene rings is 1. The third kappa shape index (κ3) is 3.77. The minimum absolute atomic E-state index is 0.0933. The van der Waals surface area contributed by atoms with E-state index >= 15 is 0 Å². The third-order valence-electron chi connectivity index (χ3n) is 6.26. The Labute approximate surface area is 192 Å². The Kier molecular flexibility index (Phi) is 5.63. The highest BCUT2D eigenvalue weighted by atomic mass is 79.9. The summed E-state index contributed by atoms with van der Waals surface area (Å²) in [5, 5.41) is 3.64. The molecule has 0 saturated carbocycles. The molecule has 1 unspecified atom stereocenters. The second-order valence-corrected chi connectivity index (χ2v) is 9.27. The monoisotopic (exact) mass is 504 g/mol. The zero-order valence-corrected chi connectivity index (χ0v) is 19.2. The minimum atomic E-state index is -1.07. The van der Waals surface area contributed by atoms with E-state index in [1.165, 1.54) is 0 Å². The van der Waals surface area contributed by atoms with Crippen molar-refractivity contribution in [2.45, 2.75) is 38.4 Å². The van der Waals surface area contributed by atoms with Crippen LogP contribution in [0, 0.1) is 11.6 Å². The molecular weight excluding hydrogens is 482 g/mol. The largest absolute Gasteiger partial charge is 0.486 e. The fourth-order valence-electron chi connectivity index (χ4n) is 4.56. The molecule has 1 N–H and O–H groups in total. The lowest BCUT2D eigenvalue weighted by Gasteiger charge is -2.35. The van der Waals surface area contributed by atoms with E-state index in [0.29, 0.717) is 17.6 Å². The van der Waals surface area contributed by atoms with E-state index in [4.69, 9.17) is 4.74 Å². The molecule has 32 heavy (non-hydrogen) atoms. The van der Waals surface area contributed by atoms with Gasteiger partial charge in [0, 0.05) is 37.4 Å². The predicted octanol–water partition coefficient (Wildman–Crippen LogP) is 4.15. The molecule has 1 saturated heterocycles. The molecule has 0 bridgehead atoms. The minimum Gasteiger partial charge on any atom is -0.486 e. The molecule has 2 atom stereocenters. The van der Waals surface area contributed by atoms with Gasteiger partial charge in [-0.2, -0.15) is 4.39 Å². The van der Waals surface area contributed by atoms with Gasteiger partial charge in [0.25, 0.3) is 0 Å². The molecule has 168 valence electrons. The molecule has 9 heteroatoms. The van der Waals surface area contributed by atoms with Gasteiger partial charge in [-0.25, -0.2) is 9.37 Å². The summed E-state index contributed by atoms with van der Waals surface area (Å²) in [5.74, 6) is -2.30. The first-order valence-electron chi connectivity index (χ1n) is 10.7. The van der Waals surface area contributed by atoms with Crippen molar-refractivity contribution in [2.24, 2.45) is 0 Å². The summed E-state index contributed by atoms with van der Waals surface area (Å²) in [6, 6.07) is 5.05. The van der Waals surface area contributed by atoms with Gasteiger partial charge in [-0.05, 0) is 53.9 Å². The summed E-state index contributed by atoms with van der Waals surface area (Å²) in [4.78, 5) is 19.7. The maximum atomic E-state index is 14.3. The van der Waals surface area contributed by atoms with Crippen LogP contribution in [0.15, 0.2) is 40.0 Å².